The summed E-state index contributed by atoms with van der Waals surface area (Å²) in [5.41, 5.74) is 9.74. The second-order valence-electron chi connectivity index (χ2n) is 8.17. The fourth-order valence-corrected chi connectivity index (χ4v) is 4.64. The topological polar surface area (TPSA) is 119 Å². The highest BCUT2D eigenvalue weighted by molar-refractivity contribution is 8.00. The van der Waals surface area contributed by atoms with E-state index >= 15 is 0 Å². The molecule has 1 unspecified atom stereocenters. The first-order valence-corrected chi connectivity index (χ1v) is 12.6. The molecular formula is C28H28N4O4S. The van der Waals surface area contributed by atoms with Gasteiger partial charge in [0.2, 0.25) is 11.8 Å². The minimum absolute atomic E-state index is 0.160. The maximum Gasteiger partial charge on any atom is 0.248 e. The van der Waals surface area contributed by atoms with Crippen LogP contribution in [0.3, 0.4) is 0 Å². The zero-order chi connectivity index (χ0) is 26.4. The number of hydrogen-bond acceptors (Lipinski definition) is 6. The quantitative estimate of drug-likeness (QED) is 0.244. The van der Waals surface area contributed by atoms with Crippen LogP contribution < -0.4 is 20.5 Å². The molecule has 37 heavy (non-hydrogen) atoms. The van der Waals surface area contributed by atoms with Crippen LogP contribution in [0.5, 0.6) is 11.5 Å². The van der Waals surface area contributed by atoms with Gasteiger partial charge in [0.25, 0.3) is 0 Å². The number of aromatic nitrogens is 2. The molecule has 1 heterocycles. The van der Waals surface area contributed by atoms with E-state index < -0.39 is 11.2 Å². The Morgan fingerprint density at radius 3 is 2.00 bits per heavy atom. The fourth-order valence-electron chi connectivity index (χ4n) is 3.73. The van der Waals surface area contributed by atoms with E-state index in [1.807, 2.05) is 55.5 Å². The number of aromatic amines is 1. The summed E-state index contributed by atoms with van der Waals surface area (Å²) in [6, 6.07) is 21.9. The molecule has 0 spiro atoms. The number of carbonyl (C=O) groups excluding carboxylic acids is 2. The van der Waals surface area contributed by atoms with E-state index in [9.17, 15) is 9.59 Å². The first-order valence-electron chi connectivity index (χ1n) is 11.7. The smallest absolute Gasteiger partial charge is 0.248 e. The van der Waals surface area contributed by atoms with Crippen LogP contribution >= 0.6 is 11.8 Å². The lowest BCUT2D eigenvalue weighted by Gasteiger charge is -2.13. The van der Waals surface area contributed by atoms with Crippen LogP contribution in [0, 0.1) is 0 Å². The van der Waals surface area contributed by atoms with Gasteiger partial charge in [-0.3, -0.25) is 9.59 Å². The summed E-state index contributed by atoms with van der Waals surface area (Å²) in [6.07, 6.45) is 0.590. The zero-order valence-electron chi connectivity index (χ0n) is 20.8. The van der Waals surface area contributed by atoms with Crippen molar-refractivity contribution >= 4 is 29.3 Å². The van der Waals surface area contributed by atoms with E-state index in [0.29, 0.717) is 22.8 Å². The van der Waals surface area contributed by atoms with Crippen molar-refractivity contribution in [2.24, 2.45) is 5.73 Å². The molecule has 4 rings (SSSR count). The van der Waals surface area contributed by atoms with Crippen LogP contribution in [0.25, 0.3) is 22.5 Å². The summed E-state index contributed by atoms with van der Waals surface area (Å²) in [6.45, 7) is 1.95. The number of hydrogen-bond donors (Lipinski definition) is 3. The molecule has 8 nitrogen and oxygen atoms in total. The van der Waals surface area contributed by atoms with Gasteiger partial charge in [-0.25, -0.2) is 4.98 Å². The Balaban J connectivity index is 1.60. The summed E-state index contributed by atoms with van der Waals surface area (Å²) in [4.78, 5) is 32.6. The molecule has 0 saturated carbocycles. The van der Waals surface area contributed by atoms with E-state index in [0.717, 1.165) is 34.0 Å². The van der Waals surface area contributed by atoms with Gasteiger partial charge >= 0.3 is 0 Å². The minimum Gasteiger partial charge on any atom is -0.497 e. The van der Waals surface area contributed by atoms with E-state index in [-0.39, 0.29) is 5.91 Å². The lowest BCUT2D eigenvalue weighted by molar-refractivity contribution is -0.115. The van der Waals surface area contributed by atoms with Gasteiger partial charge in [-0.2, -0.15) is 0 Å². The highest BCUT2D eigenvalue weighted by atomic mass is 32.2. The predicted octanol–water partition coefficient (Wildman–Crippen LogP) is 5.37. The zero-order valence-corrected chi connectivity index (χ0v) is 21.6. The third-order valence-corrected chi connectivity index (χ3v) is 7.03. The average Bonchev–Trinajstić information content (AvgIpc) is 3.36. The predicted molar refractivity (Wildman–Crippen MR) is 146 cm³/mol. The maximum absolute atomic E-state index is 13.0. The lowest BCUT2D eigenvalue weighted by atomic mass is 10.0. The van der Waals surface area contributed by atoms with Gasteiger partial charge in [-0.1, -0.05) is 18.7 Å². The van der Waals surface area contributed by atoms with Gasteiger partial charge in [0.1, 0.15) is 11.5 Å². The molecule has 4 aromatic rings. The average molecular weight is 517 g/mol. The Labute approximate surface area is 219 Å². The largest absolute Gasteiger partial charge is 0.497 e. The number of nitrogens with two attached hydrogens (primary N) is 1. The molecule has 0 fully saturated rings. The molecule has 1 aromatic heterocycles. The molecule has 4 N–H and O–H groups in total. The van der Waals surface area contributed by atoms with Crippen molar-refractivity contribution in [1.82, 2.24) is 9.97 Å². The number of carbonyl (C=O) groups is 2. The molecular weight excluding hydrogens is 488 g/mol. The molecule has 9 heteroatoms. The number of thioether (sulfide) groups is 1. The van der Waals surface area contributed by atoms with Crippen molar-refractivity contribution in [3.05, 3.63) is 78.4 Å². The molecule has 0 radical (unpaired) electrons. The first kappa shape index (κ1) is 25.8. The summed E-state index contributed by atoms with van der Waals surface area (Å²) < 4.78 is 10.6. The Hall–Kier alpha value is -4.24. The van der Waals surface area contributed by atoms with Gasteiger partial charge in [-0.05, 0) is 79.2 Å². The number of methoxy groups -OCH3 is 2. The summed E-state index contributed by atoms with van der Waals surface area (Å²) in [5.74, 6) is 0.840. The van der Waals surface area contributed by atoms with Gasteiger partial charge in [-0.15, -0.1) is 0 Å². The van der Waals surface area contributed by atoms with Gasteiger partial charge in [0.05, 0.1) is 30.9 Å². The molecule has 0 aliphatic rings. The number of H-pyrrole nitrogens is 1. The van der Waals surface area contributed by atoms with Gasteiger partial charge in [0.15, 0.2) is 5.16 Å². The number of rotatable bonds is 10. The van der Waals surface area contributed by atoms with Crippen LogP contribution in [-0.2, 0) is 4.79 Å². The van der Waals surface area contributed by atoms with E-state index in [1.54, 1.807) is 38.5 Å². The number of ether oxygens (including phenoxy) is 2. The van der Waals surface area contributed by atoms with Crippen LogP contribution in [0.4, 0.5) is 5.69 Å². The number of benzene rings is 3. The number of nitrogens with zero attached hydrogens (tertiary/aromatic N) is 1. The Morgan fingerprint density at radius 1 is 0.919 bits per heavy atom. The van der Waals surface area contributed by atoms with Crippen molar-refractivity contribution in [1.29, 1.82) is 0 Å². The number of amides is 2. The molecule has 1 atom stereocenters. The Kier molecular flexibility index (Phi) is 8.15. The summed E-state index contributed by atoms with van der Waals surface area (Å²) >= 11 is 1.36. The molecule has 0 bridgehead atoms. The van der Waals surface area contributed by atoms with Crippen molar-refractivity contribution in [2.75, 3.05) is 19.5 Å². The summed E-state index contributed by atoms with van der Waals surface area (Å²) in [7, 11) is 3.26. The normalized spacial score (nSPS) is 11.5. The number of primary amides is 1. The SMILES string of the molecule is CCC(Sc1nc(-c2ccc(OC)cc2)c(-c2ccc(OC)cc2)[nH]1)C(=O)Nc1ccc(C(N)=O)cc1. The van der Waals surface area contributed by atoms with Crippen molar-refractivity contribution < 1.29 is 19.1 Å². The molecule has 2 amide bonds. The standard InChI is InChI=1S/C28H28N4O4S/c1-4-23(27(34)30-20-11-5-19(6-12-20)26(29)33)37-28-31-24(17-7-13-21(35-2)14-8-17)25(32-28)18-9-15-22(36-3)16-10-18/h5-16,23H,4H2,1-3H3,(H2,29,33)(H,30,34)(H,31,32). The van der Waals surface area contributed by atoms with Crippen molar-refractivity contribution in [2.45, 2.75) is 23.8 Å². The number of nitrogens with one attached hydrogen (secondary N) is 2. The van der Waals surface area contributed by atoms with Crippen LogP contribution in [0.1, 0.15) is 23.7 Å². The molecule has 3 aromatic carbocycles. The highest BCUT2D eigenvalue weighted by Gasteiger charge is 2.22. The molecule has 190 valence electrons. The van der Waals surface area contributed by atoms with Crippen molar-refractivity contribution in [3.63, 3.8) is 0 Å². The van der Waals surface area contributed by atoms with E-state index in [4.69, 9.17) is 20.2 Å². The third-order valence-electron chi connectivity index (χ3n) is 5.78. The minimum atomic E-state index is -0.516. The highest BCUT2D eigenvalue weighted by Crippen LogP contribution is 2.36. The van der Waals surface area contributed by atoms with Crippen LogP contribution in [-0.4, -0.2) is 41.3 Å². The van der Waals surface area contributed by atoms with Crippen molar-refractivity contribution in [3.8, 4) is 34.0 Å². The second-order valence-corrected chi connectivity index (χ2v) is 9.36. The number of imidazole rings is 1. The van der Waals surface area contributed by atoms with E-state index in [2.05, 4.69) is 10.3 Å². The third kappa shape index (κ3) is 6.13. The first-order chi connectivity index (χ1) is 17.9. The van der Waals surface area contributed by atoms with Gasteiger partial charge < -0.3 is 25.5 Å². The molecule has 0 aliphatic carbocycles. The maximum atomic E-state index is 13.0. The molecule has 0 saturated heterocycles. The number of anilines is 1. The second kappa shape index (κ2) is 11.7. The Morgan fingerprint density at radius 2 is 1.49 bits per heavy atom. The Bertz CT molecular complexity index is 1300. The van der Waals surface area contributed by atoms with Crippen LogP contribution in [0.2, 0.25) is 0 Å². The van der Waals surface area contributed by atoms with Crippen LogP contribution in [0.15, 0.2) is 78.0 Å². The molecule has 0 aliphatic heterocycles. The monoisotopic (exact) mass is 516 g/mol. The fraction of sp³-hybridized carbons (Fsp3) is 0.179. The van der Waals surface area contributed by atoms with E-state index in [1.165, 1.54) is 11.8 Å². The van der Waals surface area contributed by atoms with Gasteiger partial charge in [0, 0.05) is 22.4 Å². The lowest BCUT2D eigenvalue weighted by Crippen LogP contribution is -2.24. The summed E-state index contributed by atoms with van der Waals surface area (Å²) in [5, 5.41) is 3.14.